The highest BCUT2D eigenvalue weighted by molar-refractivity contribution is 6.30. The second-order valence-electron chi connectivity index (χ2n) is 5.34. The summed E-state index contributed by atoms with van der Waals surface area (Å²) in [6.45, 7) is 0. The van der Waals surface area contributed by atoms with Crippen LogP contribution in [-0.4, -0.2) is 28.9 Å². The van der Waals surface area contributed by atoms with Crippen LogP contribution in [0.1, 0.15) is 36.0 Å². The third kappa shape index (κ3) is 2.02. The molecule has 0 radical (unpaired) electrons. The molecule has 96 valence electrons. The number of amides is 1. The molecule has 4 heteroatoms. The molecule has 3 rings (SSSR count). The number of piperidine rings is 1. The van der Waals surface area contributed by atoms with Crippen LogP contribution in [0.3, 0.4) is 0 Å². The first-order chi connectivity index (χ1) is 8.65. The zero-order valence-corrected chi connectivity index (χ0v) is 10.9. The summed E-state index contributed by atoms with van der Waals surface area (Å²) in [6, 6.07) is 8.08. The molecule has 2 aliphatic heterocycles. The Balaban J connectivity index is 1.83. The van der Waals surface area contributed by atoms with Crippen molar-refractivity contribution >= 4 is 17.5 Å². The minimum absolute atomic E-state index is 0.131. The second-order valence-corrected chi connectivity index (χ2v) is 5.77. The summed E-state index contributed by atoms with van der Waals surface area (Å²) in [5, 5.41) is 0.662. The van der Waals surface area contributed by atoms with Crippen molar-refractivity contribution in [1.82, 2.24) is 4.90 Å². The van der Waals surface area contributed by atoms with Gasteiger partial charge in [0.15, 0.2) is 0 Å². The largest absolute Gasteiger partial charge is 0.333 e. The Labute approximate surface area is 112 Å². The normalized spacial score (nSPS) is 30.6. The summed E-state index contributed by atoms with van der Waals surface area (Å²) in [6.07, 6.45) is 4.07. The van der Waals surface area contributed by atoms with Gasteiger partial charge in [0.1, 0.15) is 0 Å². The summed E-state index contributed by atoms with van der Waals surface area (Å²) in [4.78, 5) is 14.6. The summed E-state index contributed by atoms with van der Waals surface area (Å²) in [7, 11) is 0. The lowest BCUT2D eigenvalue weighted by molar-refractivity contribution is 0.0575. The van der Waals surface area contributed by atoms with Crippen LogP contribution < -0.4 is 5.73 Å². The van der Waals surface area contributed by atoms with Crippen molar-refractivity contribution < 1.29 is 4.79 Å². The van der Waals surface area contributed by atoms with Gasteiger partial charge in [-0.15, -0.1) is 0 Å². The molecule has 1 amide bonds. The van der Waals surface area contributed by atoms with Gasteiger partial charge in [-0.05, 0) is 49.9 Å². The average molecular weight is 265 g/mol. The summed E-state index contributed by atoms with van der Waals surface area (Å²) >= 11 is 5.85. The van der Waals surface area contributed by atoms with Crippen molar-refractivity contribution in [3.05, 3.63) is 34.9 Å². The van der Waals surface area contributed by atoms with Gasteiger partial charge in [0, 0.05) is 28.7 Å². The van der Waals surface area contributed by atoms with Gasteiger partial charge in [0.2, 0.25) is 0 Å². The summed E-state index contributed by atoms with van der Waals surface area (Å²) in [5.74, 6) is 0.131. The Morgan fingerprint density at radius 2 is 1.72 bits per heavy atom. The molecule has 0 saturated carbocycles. The van der Waals surface area contributed by atoms with Crippen LogP contribution >= 0.6 is 11.6 Å². The lowest BCUT2D eigenvalue weighted by Gasteiger charge is -2.37. The van der Waals surface area contributed by atoms with Crippen LogP contribution in [0.4, 0.5) is 0 Å². The van der Waals surface area contributed by atoms with Gasteiger partial charge < -0.3 is 10.6 Å². The monoisotopic (exact) mass is 264 g/mol. The fourth-order valence-corrected chi connectivity index (χ4v) is 3.42. The molecule has 2 unspecified atom stereocenters. The van der Waals surface area contributed by atoms with E-state index in [1.165, 1.54) is 0 Å². The number of fused-ring (bicyclic) bond motifs is 2. The topological polar surface area (TPSA) is 46.3 Å². The second kappa shape index (κ2) is 4.56. The average Bonchev–Trinajstić information content (AvgIpc) is 2.62. The maximum Gasteiger partial charge on any atom is 0.254 e. The Morgan fingerprint density at radius 1 is 1.17 bits per heavy atom. The molecule has 2 heterocycles. The SMILES string of the molecule is NC1CC2CCC(C1)N2C(=O)c1ccc(Cl)cc1. The Morgan fingerprint density at radius 3 is 2.28 bits per heavy atom. The number of nitrogens with two attached hydrogens (primary N) is 1. The molecule has 2 N–H and O–H groups in total. The van der Waals surface area contributed by atoms with Crippen LogP contribution in [0.25, 0.3) is 0 Å². The van der Waals surface area contributed by atoms with Gasteiger partial charge in [-0.25, -0.2) is 0 Å². The van der Waals surface area contributed by atoms with Crippen molar-refractivity contribution in [3.8, 4) is 0 Å². The van der Waals surface area contributed by atoms with Crippen molar-refractivity contribution in [2.75, 3.05) is 0 Å². The Kier molecular flexibility index (Phi) is 3.04. The van der Waals surface area contributed by atoms with E-state index in [0.717, 1.165) is 31.2 Å². The lowest BCUT2D eigenvalue weighted by Crippen LogP contribution is -2.50. The Hall–Kier alpha value is -1.06. The zero-order chi connectivity index (χ0) is 12.7. The molecule has 2 saturated heterocycles. The molecule has 3 nitrogen and oxygen atoms in total. The molecular formula is C14H17ClN2O. The maximum absolute atomic E-state index is 12.5. The number of rotatable bonds is 1. The first kappa shape index (κ1) is 12.0. The van der Waals surface area contributed by atoms with Crippen molar-refractivity contribution in [2.24, 2.45) is 5.73 Å². The number of carbonyl (C=O) groups is 1. The van der Waals surface area contributed by atoms with Gasteiger partial charge in [-0.2, -0.15) is 0 Å². The van der Waals surface area contributed by atoms with E-state index >= 15 is 0 Å². The molecule has 2 aliphatic rings. The summed E-state index contributed by atoms with van der Waals surface area (Å²) < 4.78 is 0. The molecule has 2 atom stereocenters. The standard InChI is InChI=1S/C14H17ClN2O/c15-10-3-1-9(2-4-10)14(18)17-12-5-6-13(17)8-11(16)7-12/h1-4,11-13H,5-8,16H2. The van der Waals surface area contributed by atoms with E-state index in [1.54, 1.807) is 24.3 Å². The molecule has 0 spiro atoms. The lowest BCUT2D eigenvalue weighted by atomic mass is 9.97. The number of carbonyl (C=O) groups excluding carboxylic acids is 1. The van der Waals surface area contributed by atoms with E-state index in [2.05, 4.69) is 0 Å². The third-order valence-electron chi connectivity index (χ3n) is 4.10. The van der Waals surface area contributed by atoms with E-state index in [0.29, 0.717) is 17.1 Å². The minimum Gasteiger partial charge on any atom is -0.333 e. The van der Waals surface area contributed by atoms with E-state index in [1.807, 2.05) is 4.90 Å². The number of halogens is 1. The van der Waals surface area contributed by atoms with Crippen LogP contribution in [0.15, 0.2) is 24.3 Å². The van der Waals surface area contributed by atoms with Gasteiger partial charge in [0.05, 0.1) is 0 Å². The molecule has 2 fully saturated rings. The molecule has 0 aromatic heterocycles. The zero-order valence-electron chi connectivity index (χ0n) is 10.2. The quantitative estimate of drug-likeness (QED) is 0.847. The molecular weight excluding hydrogens is 248 g/mol. The van der Waals surface area contributed by atoms with Gasteiger partial charge in [0.25, 0.3) is 5.91 Å². The predicted molar refractivity (Wildman–Crippen MR) is 71.6 cm³/mol. The Bertz CT molecular complexity index is 445. The van der Waals surface area contributed by atoms with Gasteiger partial charge >= 0.3 is 0 Å². The smallest absolute Gasteiger partial charge is 0.254 e. The van der Waals surface area contributed by atoms with E-state index < -0.39 is 0 Å². The van der Waals surface area contributed by atoms with Gasteiger partial charge in [-0.1, -0.05) is 11.6 Å². The van der Waals surface area contributed by atoms with Crippen molar-refractivity contribution in [3.63, 3.8) is 0 Å². The first-order valence-electron chi connectivity index (χ1n) is 6.49. The number of benzene rings is 1. The third-order valence-corrected chi connectivity index (χ3v) is 4.35. The van der Waals surface area contributed by atoms with Gasteiger partial charge in [-0.3, -0.25) is 4.79 Å². The van der Waals surface area contributed by atoms with E-state index in [9.17, 15) is 4.79 Å². The molecule has 18 heavy (non-hydrogen) atoms. The van der Waals surface area contributed by atoms with Crippen LogP contribution in [0.5, 0.6) is 0 Å². The van der Waals surface area contributed by atoms with E-state index in [4.69, 9.17) is 17.3 Å². The molecule has 1 aromatic carbocycles. The van der Waals surface area contributed by atoms with Crippen LogP contribution in [0, 0.1) is 0 Å². The molecule has 0 aliphatic carbocycles. The number of nitrogens with zero attached hydrogens (tertiary/aromatic N) is 1. The fourth-order valence-electron chi connectivity index (χ4n) is 3.29. The van der Waals surface area contributed by atoms with Crippen LogP contribution in [0.2, 0.25) is 5.02 Å². The maximum atomic E-state index is 12.5. The number of hydrogen-bond acceptors (Lipinski definition) is 2. The molecule has 2 bridgehead atoms. The number of hydrogen-bond donors (Lipinski definition) is 1. The highest BCUT2D eigenvalue weighted by Crippen LogP contribution is 2.36. The highest BCUT2D eigenvalue weighted by atomic mass is 35.5. The minimum atomic E-state index is 0.131. The fraction of sp³-hybridized carbons (Fsp3) is 0.500. The van der Waals surface area contributed by atoms with Crippen molar-refractivity contribution in [1.29, 1.82) is 0 Å². The summed E-state index contributed by atoms with van der Waals surface area (Å²) in [5.41, 5.74) is 6.75. The molecule has 1 aromatic rings. The first-order valence-corrected chi connectivity index (χ1v) is 6.87. The predicted octanol–water partition coefficient (Wildman–Crippen LogP) is 2.43. The highest BCUT2D eigenvalue weighted by Gasteiger charge is 2.42. The van der Waals surface area contributed by atoms with Crippen LogP contribution in [-0.2, 0) is 0 Å². The van der Waals surface area contributed by atoms with Crippen molar-refractivity contribution in [2.45, 2.75) is 43.8 Å². The van der Waals surface area contributed by atoms with E-state index in [-0.39, 0.29) is 11.9 Å².